The fraction of sp³-hybridized carbons (Fsp3) is 0.600. The molecule has 5 aliphatic rings. The third kappa shape index (κ3) is 10.9. The van der Waals surface area contributed by atoms with E-state index in [1.165, 1.54) is 61.5 Å². The number of imidazole rings is 2. The van der Waals surface area contributed by atoms with Crippen LogP contribution in [0.3, 0.4) is 0 Å². The van der Waals surface area contributed by atoms with Crippen LogP contribution >= 0.6 is 0 Å². The van der Waals surface area contributed by atoms with Crippen LogP contribution in [0.4, 0.5) is 9.59 Å². The maximum atomic E-state index is 14.6. The zero-order chi connectivity index (χ0) is 51.8. The number of likely N-dealkylation sites (tertiary alicyclic amines) is 2. The second-order valence-corrected chi connectivity index (χ2v) is 28.6. The standard InChI is InChI=1S/C55H76N8O9Si/c1-34(2)46(60-52(66)68-5)50(64)62-32-55(71-23-24-72-55)29-45(62)49-56-30-42(58-49)37-16-14-36(15-17-37)38-18-19-39(41-28-54(27-40(38)41)20-10-11-21-54)43-31-57-48(59-43)44-13-12-22-61(44)51(65)47(35(3)4)63(53(67)69-6)33-70-25-26-73(7,8)9/h14-19,30-31,34-35,44-47H,10-13,20-29,32-33H2,1-9H3,(H,56,58)(H,57,59)(H,60,66)/t44-,45-,46-,47-/m0/s1. The van der Waals surface area contributed by atoms with Crippen LogP contribution in [0.25, 0.3) is 33.6 Å². The first kappa shape index (κ1) is 52.3. The largest absolute Gasteiger partial charge is 0.453 e. The van der Waals surface area contributed by atoms with Crippen molar-refractivity contribution in [2.24, 2.45) is 17.3 Å². The van der Waals surface area contributed by atoms with Crippen LogP contribution in [-0.2, 0) is 46.1 Å². The zero-order valence-corrected chi connectivity index (χ0v) is 45.3. The van der Waals surface area contributed by atoms with Gasteiger partial charge in [-0.3, -0.25) is 14.5 Å². The number of nitrogens with zero attached hydrogens (tertiary/aromatic N) is 5. The second kappa shape index (κ2) is 21.3. The summed E-state index contributed by atoms with van der Waals surface area (Å²) in [5.74, 6) is -0.316. The summed E-state index contributed by atoms with van der Waals surface area (Å²) in [5.41, 5.74) is 9.24. The van der Waals surface area contributed by atoms with Crippen LogP contribution < -0.4 is 5.32 Å². The summed E-state index contributed by atoms with van der Waals surface area (Å²) >= 11 is 0. The molecule has 2 aromatic heterocycles. The van der Waals surface area contributed by atoms with E-state index in [0.29, 0.717) is 38.6 Å². The van der Waals surface area contributed by atoms with Crippen LogP contribution in [0, 0.1) is 17.3 Å². The summed E-state index contributed by atoms with van der Waals surface area (Å²) < 4.78 is 28.3. The van der Waals surface area contributed by atoms with Crippen molar-refractivity contribution in [2.75, 3.05) is 53.9 Å². The monoisotopic (exact) mass is 1020 g/mol. The molecule has 4 atom stereocenters. The van der Waals surface area contributed by atoms with E-state index >= 15 is 0 Å². The van der Waals surface area contributed by atoms with E-state index in [1.54, 1.807) is 4.90 Å². The maximum absolute atomic E-state index is 14.6. The number of ether oxygens (including phenoxy) is 5. The minimum absolute atomic E-state index is 0.00987. The van der Waals surface area contributed by atoms with Gasteiger partial charge in [-0.1, -0.05) is 96.6 Å². The fourth-order valence-corrected chi connectivity index (χ4v) is 12.9. The van der Waals surface area contributed by atoms with Gasteiger partial charge in [0, 0.05) is 33.2 Å². The first-order valence-corrected chi connectivity index (χ1v) is 30.1. The molecule has 5 heterocycles. The van der Waals surface area contributed by atoms with E-state index in [2.05, 4.69) is 71.3 Å². The van der Waals surface area contributed by atoms with Gasteiger partial charge in [0.25, 0.3) is 0 Å². The number of aromatic nitrogens is 4. The molecule has 3 aliphatic heterocycles. The SMILES string of the molecule is COC(=O)N[C@H](C(=O)N1CC2(C[C@H]1c1ncc(-c3ccc(-c4ccc(-c5cnc([C@@H]6CCCN6C(=O)[C@H](C(C)C)N(COCC[Si](C)(C)C)C(=O)OC)[nH]5)c5c4CC4(CCCC4)C5)cc3)[nH]1)OCCO2)C(C)C. The molecule has 0 unspecified atom stereocenters. The number of hydrogen-bond donors (Lipinski definition) is 3. The number of carbonyl (C=O) groups is 4. The molecular weight excluding hydrogens is 945 g/mol. The van der Waals surface area contributed by atoms with Crippen LogP contribution in [-0.4, -0.2) is 138 Å². The number of nitrogens with one attached hydrogen (secondary N) is 3. The molecule has 3 N–H and O–H groups in total. The van der Waals surface area contributed by atoms with E-state index in [0.717, 1.165) is 65.6 Å². The summed E-state index contributed by atoms with van der Waals surface area (Å²) in [4.78, 5) is 76.4. The molecule has 1 saturated carbocycles. The number of carbonyl (C=O) groups excluding carboxylic acids is 4. The molecule has 2 spiro atoms. The molecule has 9 rings (SSSR count). The molecule has 3 saturated heterocycles. The average Bonchev–Trinajstić information content (AvgIpc) is 4.24. The Bertz CT molecular complexity index is 2630. The average molecular weight is 1020 g/mol. The zero-order valence-electron chi connectivity index (χ0n) is 44.3. The van der Waals surface area contributed by atoms with Crippen molar-refractivity contribution in [2.45, 2.75) is 141 Å². The molecule has 2 aliphatic carbocycles. The lowest BCUT2D eigenvalue weighted by Gasteiger charge is -2.36. The lowest BCUT2D eigenvalue weighted by molar-refractivity contribution is -0.153. The topological polar surface area (TPSA) is 194 Å². The molecule has 0 radical (unpaired) electrons. The Morgan fingerprint density at radius 3 is 2.07 bits per heavy atom. The van der Waals surface area contributed by atoms with Crippen molar-refractivity contribution in [3.8, 4) is 33.6 Å². The van der Waals surface area contributed by atoms with E-state index in [-0.39, 0.29) is 48.4 Å². The molecule has 0 bridgehead atoms. The number of methoxy groups -OCH3 is 2. The molecule has 4 amide bonds. The highest BCUT2D eigenvalue weighted by atomic mass is 28.3. The fourth-order valence-electron chi connectivity index (χ4n) is 12.1. The molecule has 4 fully saturated rings. The van der Waals surface area contributed by atoms with Crippen molar-refractivity contribution >= 4 is 32.1 Å². The Balaban J connectivity index is 0.951. The van der Waals surface area contributed by atoms with Gasteiger partial charge in [-0.15, -0.1) is 0 Å². The van der Waals surface area contributed by atoms with E-state index in [4.69, 9.17) is 33.7 Å². The van der Waals surface area contributed by atoms with E-state index < -0.39 is 44.2 Å². The Morgan fingerprint density at radius 1 is 0.795 bits per heavy atom. The van der Waals surface area contributed by atoms with Crippen molar-refractivity contribution in [1.82, 2.24) is 40.0 Å². The molecule has 2 aromatic carbocycles. The summed E-state index contributed by atoms with van der Waals surface area (Å²) in [6.07, 6.45) is 11.4. The number of rotatable bonds is 16. The van der Waals surface area contributed by atoms with E-state index in [9.17, 15) is 19.2 Å². The van der Waals surface area contributed by atoms with Crippen LogP contribution in [0.1, 0.15) is 108 Å². The molecule has 4 aromatic rings. The van der Waals surface area contributed by atoms with Gasteiger partial charge in [0.2, 0.25) is 11.8 Å². The summed E-state index contributed by atoms with van der Waals surface area (Å²) in [7, 11) is 1.27. The van der Waals surface area contributed by atoms with Gasteiger partial charge < -0.3 is 48.8 Å². The molecule has 394 valence electrons. The quantitative estimate of drug-likeness (QED) is 0.0550. The number of H-pyrrole nitrogens is 2. The highest BCUT2D eigenvalue weighted by Crippen LogP contribution is 2.53. The third-order valence-corrected chi connectivity index (χ3v) is 17.7. The van der Waals surface area contributed by atoms with Gasteiger partial charge >= 0.3 is 12.2 Å². The van der Waals surface area contributed by atoms with Crippen molar-refractivity contribution in [1.29, 1.82) is 0 Å². The number of hydrogen-bond acceptors (Lipinski definition) is 11. The molecule has 18 heteroatoms. The van der Waals surface area contributed by atoms with Crippen molar-refractivity contribution in [3.63, 3.8) is 0 Å². The van der Waals surface area contributed by atoms with Crippen molar-refractivity contribution in [3.05, 3.63) is 71.6 Å². The van der Waals surface area contributed by atoms with Gasteiger partial charge in [-0.05, 0) is 89.6 Å². The van der Waals surface area contributed by atoms with Crippen LogP contribution in [0.5, 0.6) is 0 Å². The Labute approximate surface area is 430 Å². The van der Waals surface area contributed by atoms with Crippen molar-refractivity contribution < 1.29 is 42.9 Å². The predicted octanol–water partition coefficient (Wildman–Crippen LogP) is 9.26. The Kier molecular flexibility index (Phi) is 15.3. The number of alkyl carbamates (subject to hydrolysis) is 1. The summed E-state index contributed by atoms with van der Waals surface area (Å²) in [5, 5.41) is 2.73. The smallest absolute Gasteiger partial charge is 0.412 e. The van der Waals surface area contributed by atoms with Gasteiger partial charge in [-0.25, -0.2) is 19.6 Å². The highest BCUT2D eigenvalue weighted by molar-refractivity contribution is 6.76. The van der Waals surface area contributed by atoms with Gasteiger partial charge in [-0.2, -0.15) is 0 Å². The van der Waals surface area contributed by atoms with Crippen LogP contribution in [0.15, 0.2) is 48.8 Å². The van der Waals surface area contributed by atoms with Gasteiger partial charge in [0.1, 0.15) is 30.5 Å². The molecule has 17 nitrogen and oxygen atoms in total. The third-order valence-electron chi connectivity index (χ3n) is 16.0. The summed E-state index contributed by atoms with van der Waals surface area (Å²) in [6.45, 7) is 16.7. The van der Waals surface area contributed by atoms with Crippen LogP contribution in [0.2, 0.25) is 25.7 Å². The normalized spacial score (nSPS) is 20.9. The lowest BCUT2D eigenvalue weighted by Crippen LogP contribution is -2.54. The minimum Gasteiger partial charge on any atom is -0.453 e. The number of aromatic amines is 2. The first-order chi connectivity index (χ1) is 34.9. The number of amides is 4. The highest BCUT2D eigenvalue weighted by Gasteiger charge is 2.53. The molecular formula is C55H76N8O9Si. The second-order valence-electron chi connectivity index (χ2n) is 22.9. The first-order valence-electron chi connectivity index (χ1n) is 26.4. The number of fused-ring (bicyclic) bond motifs is 1. The van der Waals surface area contributed by atoms with Gasteiger partial charge in [0.05, 0.1) is 69.8 Å². The number of benzene rings is 2. The lowest BCUT2D eigenvalue weighted by atomic mass is 9.82. The molecule has 73 heavy (non-hydrogen) atoms. The van der Waals surface area contributed by atoms with Gasteiger partial charge in [0.15, 0.2) is 5.79 Å². The predicted molar refractivity (Wildman–Crippen MR) is 279 cm³/mol. The van der Waals surface area contributed by atoms with E-state index in [1.807, 2.05) is 45.0 Å². The Hall–Kier alpha value is -5.56. The summed E-state index contributed by atoms with van der Waals surface area (Å²) in [6, 6.07) is 11.8. The maximum Gasteiger partial charge on any atom is 0.412 e. The minimum atomic E-state index is -1.36. The Morgan fingerprint density at radius 2 is 1.42 bits per heavy atom.